The standard InChI is InChI=1S/C14H30N2O/c1-5-8-15-9-14(11-17-4)16(12(2)3)10-13-6-7-13/h12-15H,5-11H2,1-4H3. The summed E-state index contributed by atoms with van der Waals surface area (Å²) in [6.07, 6.45) is 4.04. The second-order valence-corrected chi connectivity index (χ2v) is 5.55. The second-order valence-electron chi connectivity index (χ2n) is 5.55. The molecule has 0 saturated heterocycles. The first-order valence-electron chi connectivity index (χ1n) is 7.14. The number of nitrogens with one attached hydrogen (secondary N) is 1. The molecule has 0 amide bonds. The highest BCUT2D eigenvalue weighted by Crippen LogP contribution is 2.30. The second kappa shape index (κ2) is 8.06. The van der Waals surface area contributed by atoms with Crippen LogP contribution in [-0.2, 0) is 4.74 Å². The first-order valence-corrected chi connectivity index (χ1v) is 7.14. The first kappa shape index (κ1) is 14.9. The van der Waals surface area contributed by atoms with Crippen LogP contribution in [0.1, 0.15) is 40.0 Å². The van der Waals surface area contributed by atoms with Gasteiger partial charge in [0.15, 0.2) is 0 Å². The van der Waals surface area contributed by atoms with Crippen LogP contribution in [0, 0.1) is 5.92 Å². The van der Waals surface area contributed by atoms with Gasteiger partial charge in [0.1, 0.15) is 0 Å². The summed E-state index contributed by atoms with van der Waals surface area (Å²) in [6, 6.07) is 1.13. The lowest BCUT2D eigenvalue weighted by Crippen LogP contribution is -2.49. The van der Waals surface area contributed by atoms with Crippen LogP contribution in [0.15, 0.2) is 0 Å². The van der Waals surface area contributed by atoms with Crippen LogP contribution < -0.4 is 5.32 Å². The Morgan fingerprint density at radius 1 is 1.35 bits per heavy atom. The molecule has 3 heteroatoms. The van der Waals surface area contributed by atoms with E-state index in [0.717, 1.165) is 25.6 Å². The maximum atomic E-state index is 5.39. The Kier molecular flexibility index (Phi) is 7.09. The number of ether oxygens (including phenoxy) is 1. The Hall–Kier alpha value is -0.120. The minimum Gasteiger partial charge on any atom is -0.383 e. The summed E-state index contributed by atoms with van der Waals surface area (Å²) in [7, 11) is 1.81. The van der Waals surface area contributed by atoms with Gasteiger partial charge in [-0.2, -0.15) is 0 Å². The van der Waals surface area contributed by atoms with Crippen molar-refractivity contribution in [3.63, 3.8) is 0 Å². The van der Waals surface area contributed by atoms with Crippen molar-refractivity contribution in [3.8, 4) is 0 Å². The molecule has 0 radical (unpaired) electrons. The molecular formula is C14H30N2O. The van der Waals surface area contributed by atoms with Crippen molar-refractivity contribution in [3.05, 3.63) is 0 Å². The molecule has 0 aromatic rings. The third-order valence-electron chi connectivity index (χ3n) is 3.46. The van der Waals surface area contributed by atoms with E-state index >= 15 is 0 Å². The summed E-state index contributed by atoms with van der Waals surface area (Å²) in [5, 5.41) is 3.53. The topological polar surface area (TPSA) is 24.5 Å². The van der Waals surface area contributed by atoms with Crippen molar-refractivity contribution in [2.75, 3.05) is 33.4 Å². The van der Waals surface area contributed by atoms with Gasteiger partial charge in [-0.05, 0) is 45.6 Å². The molecule has 1 unspecified atom stereocenters. The molecule has 102 valence electrons. The lowest BCUT2D eigenvalue weighted by Gasteiger charge is -2.35. The largest absolute Gasteiger partial charge is 0.383 e. The summed E-state index contributed by atoms with van der Waals surface area (Å²) in [6.45, 7) is 11.0. The molecular weight excluding hydrogens is 212 g/mol. The summed E-state index contributed by atoms with van der Waals surface area (Å²) in [4.78, 5) is 2.61. The number of hydrogen-bond donors (Lipinski definition) is 1. The third-order valence-corrected chi connectivity index (χ3v) is 3.46. The van der Waals surface area contributed by atoms with Gasteiger partial charge in [0.25, 0.3) is 0 Å². The van der Waals surface area contributed by atoms with Gasteiger partial charge < -0.3 is 10.1 Å². The number of rotatable bonds is 10. The third kappa shape index (κ3) is 5.84. The van der Waals surface area contributed by atoms with Crippen LogP contribution >= 0.6 is 0 Å². The molecule has 1 rings (SSSR count). The van der Waals surface area contributed by atoms with E-state index in [1.54, 1.807) is 0 Å². The smallest absolute Gasteiger partial charge is 0.0630 e. The maximum Gasteiger partial charge on any atom is 0.0630 e. The van der Waals surface area contributed by atoms with Gasteiger partial charge in [-0.15, -0.1) is 0 Å². The van der Waals surface area contributed by atoms with Crippen molar-refractivity contribution in [1.82, 2.24) is 10.2 Å². The highest BCUT2D eigenvalue weighted by atomic mass is 16.5. The first-order chi connectivity index (χ1) is 8.19. The molecule has 0 aliphatic heterocycles. The fraction of sp³-hybridized carbons (Fsp3) is 1.00. The van der Waals surface area contributed by atoms with E-state index in [9.17, 15) is 0 Å². The minimum absolute atomic E-state index is 0.521. The lowest BCUT2D eigenvalue weighted by molar-refractivity contribution is 0.0661. The van der Waals surface area contributed by atoms with Gasteiger partial charge in [-0.1, -0.05) is 6.92 Å². The molecule has 1 atom stereocenters. The predicted octanol–water partition coefficient (Wildman–Crippen LogP) is 2.12. The normalized spacial score (nSPS) is 18.0. The van der Waals surface area contributed by atoms with E-state index in [4.69, 9.17) is 4.74 Å². The maximum absolute atomic E-state index is 5.39. The zero-order valence-corrected chi connectivity index (χ0v) is 12.0. The molecule has 1 N–H and O–H groups in total. The summed E-state index contributed by atoms with van der Waals surface area (Å²) in [5.41, 5.74) is 0. The summed E-state index contributed by atoms with van der Waals surface area (Å²) >= 11 is 0. The van der Waals surface area contributed by atoms with Crippen molar-refractivity contribution in [2.24, 2.45) is 5.92 Å². The predicted molar refractivity (Wildman–Crippen MR) is 73.4 cm³/mol. The molecule has 1 aliphatic rings. The van der Waals surface area contributed by atoms with Gasteiger partial charge >= 0.3 is 0 Å². The molecule has 0 aromatic carbocycles. The van der Waals surface area contributed by atoms with Gasteiger partial charge in [0, 0.05) is 32.3 Å². The molecule has 3 nitrogen and oxygen atoms in total. The van der Waals surface area contributed by atoms with Crippen molar-refractivity contribution < 1.29 is 4.74 Å². The van der Waals surface area contributed by atoms with E-state index in [1.807, 2.05) is 7.11 Å². The van der Waals surface area contributed by atoms with E-state index in [-0.39, 0.29) is 0 Å². The highest BCUT2D eigenvalue weighted by Gasteiger charge is 2.29. The van der Waals surface area contributed by atoms with Crippen molar-refractivity contribution in [1.29, 1.82) is 0 Å². The van der Waals surface area contributed by atoms with Gasteiger partial charge in [-0.3, -0.25) is 4.90 Å². The lowest BCUT2D eigenvalue weighted by atomic mass is 10.1. The quantitative estimate of drug-likeness (QED) is 0.594. The van der Waals surface area contributed by atoms with Crippen molar-refractivity contribution >= 4 is 0 Å². The fourth-order valence-corrected chi connectivity index (χ4v) is 2.29. The Balaban J connectivity index is 2.42. The Bertz CT molecular complexity index is 193. The zero-order valence-electron chi connectivity index (χ0n) is 12.0. The van der Waals surface area contributed by atoms with Crippen LogP contribution in [-0.4, -0.2) is 50.3 Å². The molecule has 1 fully saturated rings. The number of hydrogen-bond acceptors (Lipinski definition) is 3. The molecule has 0 heterocycles. The van der Waals surface area contributed by atoms with Crippen molar-refractivity contribution in [2.45, 2.75) is 52.1 Å². The molecule has 1 aliphatic carbocycles. The van der Waals surface area contributed by atoms with E-state index in [1.165, 1.54) is 25.8 Å². The van der Waals surface area contributed by atoms with Gasteiger partial charge in [-0.25, -0.2) is 0 Å². The number of nitrogens with zero attached hydrogens (tertiary/aromatic N) is 1. The van der Waals surface area contributed by atoms with E-state index in [0.29, 0.717) is 12.1 Å². The van der Waals surface area contributed by atoms with Crippen LogP contribution in [0.4, 0.5) is 0 Å². The molecule has 0 bridgehead atoms. The van der Waals surface area contributed by atoms with E-state index < -0.39 is 0 Å². The van der Waals surface area contributed by atoms with Crippen LogP contribution in [0.5, 0.6) is 0 Å². The Morgan fingerprint density at radius 3 is 2.53 bits per heavy atom. The fourth-order valence-electron chi connectivity index (χ4n) is 2.29. The number of methoxy groups -OCH3 is 1. The minimum atomic E-state index is 0.521. The highest BCUT2D eigenvalue weighted by molar-refractivity contribution is 4.84. The summed E-state index contributed by atoms with van der Waals surface area (Å²) < 4.78 is 5.39. The van der Waals surface area contributed by atoms with Gasteiger partial charge in [0.2, 0.25) is 0 Å². The van der Waals surface area contributed by atoms with Crippen LogP contribution in [0.3, 0.4) is 0 Å². The van der Waals surface area contributed by atoms with Gasteiger partial charge in [0.05, 0.1) is 6.61 Å². The average molecular weight is 242 g/mol. The Morgan fingerprint density at radius 2 is 2.06 bits per heavy atom. The monoisotopic (exact) mass is 242 g/mol. The molecule has 0 aromatic heterocycles. The molecule has 0 spiro atoms. The van der Waals surface area contributed by atoms with Crippen LogP contribution in [0.25, 0.3) is 0 Å². The zero-order chi connectivity index (χ0) is 12.7. The average Bonchev–Trinajstić information content (AvgIpc) is 3.09. The van der Waals surface area contributed by atoms with E-state index in [2.05, 4.69) is 31.0 Å². The molecule has 1 saturated carbocycles. The summed E-state index contributed by atoms with van der Waals surface area (Å²) in [5.74, 6) is 0.947. The SMILES string of the molecule is CCCNCC(COC)N(CC1CC1)C(C)C. The Labute approximate surface area is 107 Å². The molecule has 17 heavy (non-hydrogen) atoms. The van der Waals surface area contributed by atoms with Crippen LogP contribution in [0.2, 0.25) is 0 Å².